The summed E-state index contributed by atoms with van der Waals surface area (Å²) in [6, 6.07) is 6.43. The molecule has 0 saturated heterocycles. The van der Waals surface area contributed by atoms with E-state index in [9.17, 15) is 0 Å². The van der Waals surface area contributed by atoms with Gasteiger partial charge in [-0.3, -0.25) is 0 Å². The monoisotopic (exact) mass is 274 g/mol. The molecule has 0 spiro atoms. The van der Waals surface area contributed by atoms with Crippen molar-refractivity contribution < 1.29 is 0 Å². The third kappa shape index (κ3) is 1.63. The number of fused-ring (bicyclic) bond motifs is 1. The van der Waals surface area contributed by atoms with Crippen molar-refractivity contribution in [3.8, 4) is 0 Å². The maximum atomic E-state index is 6.10. The van der Waals surface area contributed by atoms with Gasteiger partial charge in [0.15, 0.2) is 0 Å². The highest BCUT2D eigenvalue weighted by molar-refractivity contribution is 9.11. The van der Waals surface area contributed by atoms with Gasteiger partial charge in [0.25, 0.3) is 0 Å². The van der Waals surface area contributed by atoms with E-state index >= 15 is 0 Å². The molecule has 0 saturated carbocycles. The smallest absolute Gasteiger partial charge is 0.0897 e. The summed E-state index contributed by atoms with van der Waals surface area (Å²) in [5, 5.41) is 1.98. The summed E-state index contributed by atoms with van der Waals surface area (Å²) >= 11 is 11.2. The average molecular weight is 276 g/mol. The minimum Gasteiger partial charge on any atom is -0.127 e. The Bertz CT molecular complexity index is 447. The molecule has 2 rings (SSSR count). The molecule has 0 aliphatic rings. The van der Waals surface area contributed by atoms with Crippen molar-refractivity contribution in [1.82, 2.24) is 0 Å². The first-order valence-electron chi connectivity index (χ1n) is 4.08. The summed E-state index contributed by atoms with van der Waals surface area (Å²) in [5.41, 5.74) is 1.36. The van der Waals surface area contributed by atoms with E-state index in [0.717, 1.165) is 20.6 Å². The predicted molar refractivity (Wildman–Crippen MR) is 63.9 cm³/mol. The fraction of sp³-hybridized carbons (Fsp3) is 0.200. The van der Waals surface area contributed by atoms with Crippen molar-refractivity contribution in [1.29, 1.82) is 0 Å². The van der Waals surface area contributed by atoms with Gasteiger partial charge >= 0.3 is 0 Å². The van der Waals surface area contributed by atoms with Crippen LogP contribution in [0.1, 0.15) is 12.5 Å². The van der Waals surface area contributed by atoms with Gasteiger partial charge in [0, 0.05) is 10.1 Å². The van der Waals surface area contributed by atoms with Gasteiger partial charge in [-0.15, -0.1) is 11.3 Å². The molecule has 13 heavy (non-hydrogen) atoms. The summed E-state index contributed by atoms with van der Waals surface area (Å²) in [4.78, 5) is 0. The molecule has 0 aliphatic carbocycles. The molecule has 0 unspecified atom stereocenters. The van der Waals surface area contributed by atoms with Crippen LogP contribution in [-0.4, -0.2) is 0 Å². The van der Waals surface area contributed by atoms with Gasteiger partial charge in [-0.05, 0) is 34.0 Å². The van der Waals surface area contributed by atoms with Gasteiger partial charge < -0.3 is 0 Å². The standard InChI is InChI=1S/C10H8BrClS/c1-2-6-3-4-7-8(5-6)13-10(11)9(7)12/h3-5H,2H2,1H3. The molecule has 1 aromatic heterocycles. The second-order valence-electron chi connectivity index (χ2n) is 2.87. The van der Waals surface area contributed by atoms with Crippen LogP contribution in [0.2, 0.25) is 5.02 Å². The van der Waals surface area contributed by atoms with Gasteiger partial charge in [0.2, 0.25) is 0 Å². The van der Waals surface area contributed by atoms with Crippen LogP contribution in [0.4, 0.5) is 0 Å². The normalized spacial score (nSPS) is 11.0. The Morgan fingerprint density at radius 2 is 2.23 bits per heavy atom. The van der Waals surface area contributed by atoms with E-state index in [2.05, 4.69) is 41.1 Å². The SMILES string of the molecule is CCc1ccc2c(Cl)c(Br)sc2c1. The number of halogens is 2. The van der Waals surface area contributed by atoms with Crippen LogP contribution >= 0.6 is 38.9 Å². The zero-order valence-electron chi connectivity index (χ0n) is 7.10. The second-order valence-corrected chi connectivity index (χ2v) is 5.62. The number of thiophene rings is 1. The Morgan fingerprint density at radius 1 is 1.46 bits per heavy atom. The summed E-state index contributed by atoms with van der Waals surface area (Å²) in [7, 11) is 0. The first-order chi connectivity index (χ1) is 6.22. The molecule has 0 fully saturated rings. The highest BCUT2D eigenvalue weighted by Gasteiger charge is 2.07. The Hall–Kier alpha value is -0.0500. The molecule has 0 atom stereocenters. The lowest BCUT2D eigenvalue weighted by Crippen LogP contribution is -1.76. The fourth-order valence-electron chi connectivity index (χ4n) is 1.30. The molecule has 3 heteroatoms. The van der Waals surface area contributed by atoms with Gasteiger partial charge in [0.1, 0.15) is 0 Å². The zero-order chi connectivity index (χ0) is 9.42. The Balaban J connectivity index is 2.73. The van der Waals surface area contributed by atoms with Crippen molar-refractivity contribution in [3.63, 3.8) is 0 Å². The Labute approximate surface area is 94.7 Å². The number of benzene rings is 1. The molecule has 0 aliphatic heterocycles. The molecular formula is C10H8BrClS. The summed E-state index contributed by atoms with van der Waals surface area (Å²) in [5.74, 6) is 0. The van der Waals surface area contributed by atoms with Crippen molar-refractivity contribution in [3.05, 3.63) is 32.6 Å². The van der Waals surface area contributed by atoms with Gasteiger partial charge in [0.05, 0.1) is 8.81 Å². The molecular weight excluding hydrogens is 268 g/mol. The summed E-state index contributed by atoms with van der Waals surface area (Å²) in [6.45, 7) is 2.16. The van der Waals surface area contributed by atoms with Crippen molar-refractivity contribution in [2.24, 2.45) is 0 Å². The van der Waals surface area contributed by atoms with E-state index in [1.807, 2.05) is 0 Å². The van der Waals surface area contributed by atoms with E-state index in [4.69, 9.17) is 11.6 Å². The lowest BCUT2D eigenvalue weighted by atomic mass is 10.1. The summed E-state index contributed by atoms with van der Waals surface area (Å²) in [6.07, 6.45) is 1.07. The maximum Gasteiger partial charge on any atom is 0.0897 e. The van der Waals surface area contributed by atoms with Crippen LogP contribution in [-0.2, 0) is 6.42 Å². The maximum absolute atomic E-state index is 6.10. The van der Waals surface area contributed by atoms with E-state index in [1.54, 1.807) is 11.3 Å². The van der Waals surface area contributed by atoms with Crippen LogP contribution in [0.25, 0.3) is 10.1 Å². The molecule has 0 bridgehead atoms. The van der Waals surface area contributed by atoms with E-state index in [1.165, 1.54) is 10.3 Å². The minimum atomic E-state index is 0.836. The van der Waals surface area contributed by atoms with Crippen LogP contribution in [0.15, 0.2) is 22.0 Å². The second kappa shape index (κ2) is 3.60. The molecule has 0 nitrogen and oxygen atoms in total. The van der Waals surface area contributed by atoms with Gasteiger partial charge in [-0.25, -0.2) is 0 Å². The molecule has 2 aromatic rings. The first kappa shape index (κ1) is 9.50. The van der Waals surface area contributed by atoms with E-state index < -0.39 is 0 Å². The molecule has 0 N–H and O–H groups in total. The zero-order valence-corrected chi connectivity index (χ0v) is 10.3. The lowest BCUT2D eigenvalue weighted by Gasteiger charge is -1.95. The quantitative estimate of drug-likeness (QED) is 0.696. The molecule has 1 heterocycles. The van der Waals surface area contributed by atoms with Crippen LogP contribution in [0, 0.1) is 0 Å². The fourth-order valence-corrected chi connectivity index (χ4v) is 3.26. The number of hydrogen-bond acceptors (Lipinski definition) is 1. The van der Waals surface area contributed by atoms with Gasteiger partial charge in [-0.2, -0.15) is 0 Å². The topological polar surface area (TPSA) is 0 Å². The Morgan fingerprint density at radius 3 is 2.92 bits per heavy atom. The molecule has 0 amide bonds. The predicted octanol–water partition coefficient (Wildman–Crippen LogP) is 4.88. The average Bonchev–Trinajstić information content (AvgIpc) is 2.42. The molecule has 68 valence electrons. The third-order valence-corrected chi connectivity index (χ3v) is 4.62. The Kier molecular flexibility index (Phi) is 2.63. The minimum absolute atomic E-state index is 0.836. The number of aryl methyl sites for hydroxylation is 1. The highest BCUT2D eigenvalue weighted by Crippen LogP contribution is 2.39. The van der Waals surface area contributed by atoms with E-state index in [0.29, 0.717) is 0 Å². The number of hydrogen-bond donors (Lipinski definition) is 0. The number of rotatable bonds is 1. The highest BCUT2D eigenvalue weighted by atomic mass is 79.9. The first-order valence-corrected chi connectivity index (χ1v) is 6.07. The van der Waals surface area contributed by atoms with Crippen molar-refractivity contribution >= 4 is 49.0 Å². The lowest BCUT2D eigenvalue weighted by molar-refractivity contribution is 1.15. The molecule has 1 aromatic carbocycles. The van der Waals surface area contributed by atoms with Crippen molar-refractivity contribution in [2.45, 2.75) is 13.3 Å². The van der Waals surface area contributed by atoms with Crippen LogP contribution in [0.5, 0.6) is 0 Å². The van der Waals surface area contributed by atoms with Crippen LogP contribution < -0.4 is 0 Å². The van der Waals surface area contributed by atoms with Gasteiger partial charge in [-0.1, -0.05) is 30.7 Å². The van der Waals surface area contributed by atoms with Crippen LogP contribution in [0.3, 0.4) is 0 Å². The molecule has 0 radical (unpaired) electrons. The third-order valence-electron chi connectivity index (χ3n) is 2.06. The van der Waals surface area contributed by atoms with E-state index in [-0.39, 0.29) is 0 Å². The largest absolute Gasteiger partial charge is 0.127 e. The summed E-state index contributed by atoms with van der Waals surface area (Å²) < 4.78 is 2.29. The van der Waals surface area contributed by atoms with Crippen molar-refractivity contribution in [2.75, 3.05) is 0 Å².